The summed E-state index contributed by atoms with van der Waals surface area (Å²) < 4.78 is 0. The molecular weight excluding hydrogens is 196 g/mol. The molecule has 3 atom stereocenters. The first-order chi connectivity index (χ1) is 7.88. The van der Waals surface area contributed by atoms with Gasteiger partial charge >= 0.3 is 0 Å². The van der Waals surface area contributed by atoms with Gasteiger partial charge in [0.1, 0.15) is 6.29 Å². The molecule has 0 heterocycles. The summed E-state index contributed by atoms with van der Waals surface area (Å²) >= 11 is 0. The highest BCUT2D eigenvalue weighted by Gasteiger charge is 2.36. The fraction of sp³-hybridized carbons (Fsp3) is 0.400. The maximum Gasteiger partial charge on any atom is 0.123 e. The van der Waals surface area contributed by atoms with Gasteiger partial charge in [-0.1, -0.05) is 36.4 Å². The molecule has 1 aromatic carbocycles. The van der Waals surface area contributed by atoms with E-state index in [1.54, 1.807) is 0 Å². The van der Waals surface area contributed by atoms with Crippen LogP contribution < -0.4 is 0 Å². The van der Waals surface area contributed by atoms with Gasteiger partial charge in [-0.25, -0.2) is 0 Å². The molecule has 1 heteroatoms. The third-order valence-electron chi connectivity index (χ3n) is 4.07. The fourth-order valence-electron chi connectivity index (χ4n) is 3.20. The molecule has 3 unspecified atom stereocenters. The average molecular weight is 212 g/mol. The van der Waals surface area contributed by atoms with Crippen LogP contribution >= 0.6 is 0 Å². The molecule has 0 aromatic heterocycles. The maximum absolute atomic E-state index is 11.0. The van der Waals surface area contributed by atoms with Crippen LogP contribution in [0.15, 0.2) is 36.4 Å². The molecule has 1 aromatic rings. The first kappa shape index (κ1) is 9.83. The predicted molar refractivity (Wildman–Crippen MR) is 64.8 cm³/mol. The minimum atomic E-state index is 0.284. The summed E-state index contributed by atoms with van der Waals surface area (Å²) in [7, 11) is 0. The fourth-order valence-corrected chi connectivity index (χ4v) is 3.20. The Morgan fingerprint density at radius 2 is 1.94 bits per heavy atom. The zero-order chi connectivity index (χ0) is 11.0. The molecule has 0 saturated heterocycles. The second-order valence-electron chi connectivity index (χ2n) is 4.96. The molecule has 3 aliphatic rings. The number of fused-ring (bicyclic) bond motifs is 2. The van der Waals surface area contributed by atoms with Crippen molar-refractivity contribution < 1.29 is 4.79 Å². The summed E-state index contributed by atoms with van der Waals surface area (Å²) in [6.45, 7) is 0. The number of aldehydes is 1. The van der Waals surface area contributed by atoms with Gasteiger partial charge in [-0.05, 0) is 42.2 Å². The van der Waals surface area contributed by atoms with Gasteiger partial charge in [0.15, 0.2) is 0 Å². The molecule has 1 nitrogen and oxygen atoms in total. The van der Waals surface area contributed by atoms with Crippen LogP contribution in [0.4, 0.5) is 0 Å². The Morgan fingerprint density at radius 3 is 2.56 bits per heavy atom. The van der Waals surface area contributed by atoms with E-state index in [4.69, 9.17) is 0 Å². The van der Waals surface area contributed by atoms with E-state index in [2.05, 4.69) is 36.4 Å². The van der Waals surface area contributed by atoms with Crippen molar-refractivity contribution in [2.45, 2.75) is 19.3 Å². The number of carbonyl (C=O) groups is 1. The average Bonchev–Trinajstić information content (AvgIpc) is 2.40. The maximum atomic E-state index is 11.0. The van der Waals surface area contributed by atoms with Crippen LogP contribution in [-0.2, 0) is 4.79 Å². The van der Waals surface area contributed by atoms with Crippen LogP contribution in [0.3, 0.4) is 0 Å². The summed E-state index contributed by atoms with van der Waals surface area (Å²) in [4.78, 5) is 11.0. The number of hydrogen-bond acceptors (Lipinski definition) is 1. The van der Waals surface area contributed by atoms with Crippen molar-refractivity contribution in [2.24, 2.45) is 17.8 Å². The highest BCUT2D eigenvalue weighted by atomic mass is 16.1. The third kappa shape index (κ3) is 1.51. The van der Waals surface area contributed by atoms with Crippen molar-refractivity contribution in [3.63, 3.8) is 0 Å². The molecular formula is C15H16O. The lowest BCUT2D eigenvalue weighted by molar-refractivity contribution is -0.113. The van der Waals surface area contributed by atoms with Crippen molar-refractivity contribution >= 4 is 11.9 Å². The second-order valence-corrected chi connectivity index (χ2v) is 4.96. The molecule has 4 rings (SSSR count). The van der Waals surface area contributed by atoms with Crippen LogP contribution in [-0.4, -0.2) is 6.29 Å². The molecule has 2 bridgehead atoms. The molecule has 1 saturated carbocycles. The summed E-state index contributed by atoms with van der Waals surface area (Å²) in [6, 6.07) is 10.6. The van der Waals surface area contributed by atoms with E-state index >= 15 is 0 Å². The van der Waals surface area contributed by atoms with Crippen LogP contribution in [0.5, 0.6) is 0 Å². The minimum absolute atomic E-state index is 0.284. The second kappa shape index (κ2) is 3.89. The van der Waals surface area contributed by atoms with Crippen LogP contribution in [0.2, 0.25) is 0 Å². The van der Waals surface area contributed by atoms with Gasteiger partial charge in [0, 0.05) is 5.92 Å². The smallest absolute Gasteiger partial charge is 0.123 e. The van der Waals surface area contributed by atoms with Crippen LogP contribution in [0, 0.1) is 17.8 Å². The van der Waals surface area contributed by atoms with E-state index in [0.29, 0.717) is 11.8 Å². The molecule has 16 heavy (non-hydrogen) atoms. The molecule has 0 spiro atoms. The summed E-state index contributed by atoms with van der Waals surface area (Å²) in [5.41, 5.74) is 2.83. The Hall–Kier alpha value is -1.37. The van der Waals surface area contributed by atoms with Crippen molar-refractivity contribution in [1.82, 2.24) is 0 Å². The SMILES string of the molecule is O=CC1CC2CCC1C=C2c1ccccc1. The number of hydrogen-bond donors (Lipinski definition) is 0. The van der Waals surface area contributed by atoms with Gasteiger partial charge < -0.3 is 4.79 Å². The van der Waals surface area contributed by atoms with Crippen molar-refractivity contribution in [1.29, 1.82) is 0 Å². The highest BCUT2D eigenvalue weighted by molar-refractivity contribution is 5.71. The van der Waals surface area contributed by atoms with Gasteiger partial charge in [-0.2, -0.15) is 0 Å². The van der Waals surface area contributed by atoms with E-state index in [1.165, 1.54) is 24.0 Å². The summed E-state index contributed by atoms with van der Waals surface area (Å²) in [6.07, 6.45) is 7.04. The molecule has 82 valence electrons. The zero-order valence-electron chi connectivity index (χ0n) is 9.30. The Labute approximate surface area is 96.2 Å². The van der Waals surface area contributed by atoms with E-state index < -0.39 is 0 Å². The standard InChI is InChI=1S/C15H16O/c16-10-14-8-13-7-6-12(14)9-15(13)11-4-2-1-3-5-11/h1-5,9-10,12-14H,6-8H2. The number of benzene rings is 1. The lowest BCUT2D eigenvalue weighted by atomic mass is 9.65. The largest absolute Gasteiger partial charge is 0.303 e. The Morgan fingerprint density at radius 1 is 1.12 bits per heavy atom. The summed E-state index contributed by atoms with van der Waals surface area (Å²) in [5, 5.41) is 0. The van der Waals surface area contributed by atoms with E-state index in [0.717, 1.165) is 12.7 Å². The Kier molecular flexibility index (Phi) is 2.39. The summed E-state index contributed by atoms with van der Waals surface area (Å²) in [5.74, 6) is 1.39. The van der Waals surface area contributed by atoms with Crippen LogP contribution in [0.25, 0.3) is 5.57 Å². The van der Waals surface area contributed by atoms with E-state index in [1.807, 2.05) is 0 Å². The van der Waals surface area contributed by atoms with Crippen molar-refractivity contribution in [3.05, 3.63) is 42.0 Å². The first-order valence-corrected chi connectivity index (χ1v) is 6.11. The van der Waals surface area contributed by atoms with Gasteiger partial charge in [0.05, 0.1) is 0 Å². The molecule has 0 radical (unpaired) electrons. The number of rotatable bonds is 2. The predicted octanol–water partition coefficient (Wildman–Crippen LogP) is 3.32. The van der Waals surface area contributed by atoms with Crippen molar-refractivity contribution in [3.8, 4) is 0 Å². The zero-order valence-corrected chi connectivity index (χ0v) is 9.30. The van der Waals surface area contributed by atoms with Crippen LogP contribution in [0.1, 0.15) is 24.8 Å². The van der Waals surface area contributed by atoms with Gasteiger partial charge in [0.2, 0.25) is 0 Å². The Balaban J connectivity index is 1.96. The van der Waals surface area contributed by atoms with Gasteiger partial charge in [0.25, 0.3) is 0 Å². The molecule has 0 aliphatic heterocycles. The molecule has 1 fully saturated rings. The number of carbonyl (C=O) groups excluding carboxylic acids is 1. The first-order valence-electron chi connectivity index (χ1n) is 6.11. The van der Waals surface area contributed by atoms with Crippen molar-refractivity contribution in [2.75, 3.05) is 0 Å². The third-order valence-corrected chi connectivity index (χ3v) is 4.07. The molecule has 0 amide bonds. The lowest BCUT2D eigenvalue weighted by Crippen LogP contribution is -2.30. The number of allylic oxidation sites excluding steroid dienone is 2. The quantitative estimate of drug-likeness (QED) is 0.687. The van der Waals surface area contributed by atoms with E-state index in [9.17, 15) is 4.79 Å². The lowest BCUT2D eigenvalue weighted by Gasteiger charge is -2.39. The molecule has 3 aliphatic carbocycles. The monoisotopic (exact) mass is 212 g/mol. The van der Waals surface area contributed by atoms with Gasteiger partial charge in [-0.3, -0.25) is 0 Å². The minimum Gasteiger partial charge on any atom is -0.303 e. The van der Waals surface area contributed by atoms with Gasteiger partial charge in [-0.15, -0.1) is 0 Å². The topological polar surface area (TPSA) is 17.1 Å². The highest BCUT2D eigenvalue weighted by Crippen LogP contribution is 2.47. The molecule has 0 N–H and O–H groups in total. The Bertz CT molecular complexity index is 418. The van der Waals surface area contributed by atoms with E-state index in [-0.39, 0.29) is 5.92 Å². The normalized spacial score (nSPS) is 32.2.